The van der Waals surface area contributed by atoms with Gasteiger partial charge < -0.3 is 9.84 Å². The average Bonchev–Trinajstić information content (AvgIpc) is 2.88. The summed E-state index contributed by atoms with van der Waals surface area (Å²) in [6.45, 7) is 8.44. The molecular weight excluding hydrogens is 230 g/mol. The quantitative estimate of drug-likeness (QED) is 0.840. The zero-order valence-electron chi connectivity index (χ0n) is 11.1. The maximum Gasteiger partial charge on any atom is 0.150 e. The Morgan fingerprint density at radius 2 is 2.22 bits per heavy atom. The number of nitrogens with one attached hydrogen (secondary N) is 1. The van der Waals surface area contributed by atoms with Gasteiger partial charge in [-0.05, 0) is 12.8 Å². The van der Waals surface area contributed by atoms with Gasteiger partial charge in [0.05, 0.1) is 18.8 Å². The number of rotatable bonds is 6. The Labute approximate surface area is 106 Å². The van der Waals surface area contributed by atoms with Gasteiger partial charge >= 0.3 is 0 Å². The Kier molecular flexibility index (Phi) is 4.09. The first kappa shape index (κ1) is 12.8. The van der Waals surface area contributed by atoms with Crippen LogP contribution in [0.1, 0.15) is 31.1 Å². The fraction of sp³-hybridized carbons (Fsp3) is 0.583. The molecule has 0 spiro atoms. The van der Waals surface area contributed by atoms with Gasteiger partial charge in [-0.2, -0.15) is 5.10 Å². The molecule has 1 N–H and O–H groups in total. The van der Waals surface area contributed by atoms with Crippen molar-refractivity contribution in [2.45, 2.75) is 40.4 Å². The highest BCUT2D eigenvalue weighted by atomic mass is 16.5. The molecule has 0 saturated heterocycles. The zero-order chi connectivity index (χ0) is 13.0. The van der Waals surface area contributed by atoms with Crippen LogP contribution in [0.3, 0.4) is 0 Å². The highest BCUT2D eigenvalue weighted by Gasteiger charge is 2.06. The van der Waals surface area contributed by atoms with Crippen molar-refractivity contribution in [3.05, 3.63) is 29.7 Å². The van der Waals surface area contributed by atoms with Crippen molar-refractivity contribution in [3.8, 4) is 0 Å². The molecule has 18 heavy (non-hydrogen) atoms. The van der Waals surface area contributed by atoms with Gasteiger partial charge in [0.2, 0.25) is 0 Å². The van der Waals surface area contributed by atoms with E-state index in [2.05, 4.69) is 34.4 Å². The normalized spacial score (nSPS) is 11.3. The summed E-state index contributed by atoms with van der Waals surface area (Å²) in [5, 5.41) is 11.3. The van der Waals surface area contributed by atoms with E-state index in [4.69, 9.17) is 4.52 Å². The van der Waals surface area contributed by atoms with Gasteiger partial charge in [-0.1, -0.05) is 19.0 Å². The summed E-state index contributed by atoms with van der Waals surface area (Å²) in [4.78, 5) is 4.25. The van der Waals surface area contributed by atoms with Crippen molar-refractivity contribution < 1.29 is 4.52 Å². The highest BCUT2D eigenvalue weighted by molar-refractivity contribution is 5.02. The zero-order valence-corrected chi connectivity index (χ0v) is 11.1. The molecule has 0 amide bonds. The number of aromatic nitrogens is 4. The van der Waals surface area contributed by atoms with Crippen molar-refractivity contribution in [2.75, 3.05) is 0 Å². The van der Waals surface area contributed by atoms with E-state index in [1.165, 1.54) is 0 Å². The molecule has 2 rings (SSSR count). The van der Waals surface area contributed by atoms with Crippen LogP contribution in [-0.2, 0) is 19.6 Å². The summed E-state index contributed by atoms with van der Waals surface area (Å²) in [6.07, 6.45) is 1.60. The Hall–Kier alpha value is -1.69. The molecule has 0 aliphatic carbocycles. The van der Waals surface area contributed by atoms with E-state index < -0.39 is 0 Å². The van der Waals surface area contributed by atoms with Gasteiger partial charge in [0.1, 0.15) is 12.2 Å². The molecule has 6 nitrogen and oxygen atoms in total. The van der Waals surface area contributed by atoms with Crippen LogP contribution >= 0.6 is 0 Å². The summed E-state index contributed by atoms with van der Waals surface area (Å²) in [7, 11) is 0. The third kappa shape index (κ3) is 3.40. The summed E-state index contributed by atoms with van der Waals surface area (Å²) in [5.41, 5.74) is 0.898. The van der Waals surface area contributed by atoms with Gasteiger partial charge in [0, 0.05) is 12.6 Å². The van der Waals surface area contributed by atoms with Crippen LogP contribution in [0.15, 0.2) is 16.9 Å². The minimum absolute atomic E-state index is 0.558. The summed E-state index contributed by atoms with van der Waals surface area (Å²) >= 11 is 0. The second-order valence-corrected chi connectivity index (χ2v) is 4.79. The van der Waals surface area contributed by atoms with Gasteiger partial charge in [-0.15, -0.1) is 0 Å². The van der Waals surface area contributed by atoms with Crippen molar-refractivity contribution in [1.82, 2.24) is 25.2 Å². The van der Waals surface area contributed by atoms with E-state index in [9.17, 15) is 0 Å². The van der Waals surface area contributed by atoms with Crippen LogP contribution < -0.4 is 5.32 Å². The van der Waals surface area contributed by atoms with Crippen molar-refractivity contribution in [2.24, 2.45) is 5.92 Å². The van der Waals surface area contributed by atoms with Gasteiger partial charge in [0.15, 0.2) is 5.76 Å². The van der Waals surface area contributed by atoms with E-state index in [0.717, 1.165) is 23.8 Å². The Balaban J connectivity index is 1.84. The van der Waals surface area contributed by atoms with E-state index in [1.807, 2.05) is 17.7 Å². The number of hydrogen-bond donors (Lipinski definition) is 1. The molecule has 0 unspecified atom stereocenters. The second-order valence-electron chi connectivity index (χ2n) is 4.79. The van der Waals surface area contributed by atoms with Crippen LogP contribution in [0.5, 0.6) is 0 Å². The molecule has 2 aromatic rings. The summed E-state index contributed by atoms with van der Waals surface area (Å²) in [5.74, 6) is 2.34. The van der Waals surface area contributed by atoms with E-state index >= 15 is 0 Å². The Morgan fingerprint density at radius 1 is 1.39 bits per heavy atom. The van der Waals surface area contributed by atoms with Crippen LogP contribution in [0.4, 0.5) is 0 Å². The molecule has 6 heteroatoms. The van der Waals surface area contributed by atoms with E-state index in [0.29, 0.717) is 19.0 Å². The molecule has 98 valence electrons. The third-order valence-corrected chi connectivity index (χ3v) is 2.49. The first-order valence-electron chi connectivity index (χ1n) is 6.14. The molecule has 0 saturated carbocycles. The van der Waals surface area contributed by atoms with Crippen molar-refractivity contribution in [1.29, 1.82) is 0 Å². The lowest BCUT2D eigenvalue weighted by molar-refractivity contribution is 0.367. The molecule has 2 heterocycles. The molecule has 0 aliphatic rings. The van der Waals surface area contributed by atoms with E-state index in [-0.39, 0.29) is 0 Å². The number of nitrogens with zero attached hydrogens (tertiary/aromatic N) is 4. The lowest BCUT2D eigenvalue weighted by atomic mass is 10.2. The lowest BCUT2D eigenvalue weighted by Crippen LogP contribution is -2.18. The lowest BCUT2D eigenvalue weighted by Gasteiger charge is -2.08. The topological polar surface area (TPSA) is 68.8 Å². The molecule has 0 radical (unpaired) electrons. The first-order chi connectivity index (χ1) is 8.65. The second kappa shape index (κ2) is 5.77. The van der Waals surface area contributed by atoms with E-state index in [1.54, 1.807) is 6.33 Å². The van der Waals surface area contributed by atoms with Crippen LogP contribution in [0.2, 0.25) is 0 Å². The van der Waals surface area contributed by atoms with Crippen molar-refractivity contribution in [3.63, 3.8) is 0 Å². The Morgan fingerprint density at radius 3 is 2.89 bits per heavy atom. The van der Waals surface area contributed by atoms with Crippen LogP contribution in [0, 0.1) is 12.8 Å². The first-order valence-corrected chi connectivity index (χ1v) is 6.14. The smallest absolute Gasteiger partial charge is 0.150 e. The summed E-state index contributed by atoms with van der Waals surface area (Å²) < 4.78 is 7.06. The predicted octanol–water partition coefficient (Wildman–Crippen LogP) is 1.52. The Bertz CT molecular complexity index is 488. The minimum atomic E-state index is 0.558. The number of hydrogen-bond acceptors (Lipinski definition) is 5. The predicted molar refractivity (Wildman–Crippen MR) is 66.6 cm³/mol. The third-order valence-electron chi connectivity index (χ3n) is 2.49. The average molecular weight is 249 g/mol. The molecule has 0 aromatic carbocycles. The minimum Gasteiger partial charge on any atom is -0.360 e. The van der Waals surface area contributed by atoms with Crippen molar-refractivity contribution >= 4 is 0 Å². The van der Waals surface area contributed by atoms with Gasteiger partial charge in [0.25, 0.3) is 0 Å². The molecule has 0 atom stereocenters. The fourth-order valence-electron chi connectivity index (χ4n) is 1.72. The van der Waals surface area contributed by atoms with Gasteiger partial charge in [-0.25, -0.2) is 9.67 Å². The van der Waals surface area contributed by atoms with Gasteiger partial charge in [-0.3, -0.25) is 0 Å². The summed E-state index contributed by atoms with van der Waals surface area (Å²) in [6, 6.07) is 1.92. The maximum atomic E-state index is 5.12. The highest BCUT2D eigenvalue weighted by Crippen LogP contribution is 2.03. The molecule has 0 fully saturated rings. The standard InChI is InChI=1S/C12H19N5O/c1-9(2)7-17-12(14-8-15-17)6-13-5-11-4-10(3)16-18-11/h4,8-9,13H,5-7H2,1-3H3. The molecule has 0 aliphatic heterocycles. The molecule has 2 aromatic heterocycles. The maximum absolute atomic E-state index is 5.12. The molecule has 0 bridgehead atoms. The largest absolute Gasteiger partial charge is 0.360 e. The van der Waals surface area contributed by atoms with Crippen LogP contribution in [0.25, 0.3) is 0 Å². The SMILES string of the molecule is Cc1cc(CNCc2ncnn2CC(C)C)on1. The van der Waals surface area contributed by atoms with Crippen LogP contribution in [-0.4, -0.2) is 19.9 Å². The monoisotopic (exact) mass is 249 g/mol. The fourth-order valence-corrected chi connectivity index (χ4v) is 1.72. The number of aryl methyl sites for hydroxylation is 1. The molecular formula is C12H19N5O.